The topological polar surface area (TPSA) is 38.3 Å². The third kappa shape index (κ3) is 4.92. The van der Waals surface area contributed by atoms with E-state index in [1.807, 2.05) is 6.07 Å². The summed E-state index contributed by atoms with van der Waals surface area (Å²) < 4.78 is 18.2. The van der Waals surface area contributed by atoms with E-state index in [-0.39, 0.29) is 17.5 Å². The van der Waals surface area contributed by atoms with Crippen molar-refractivity contribution in [3.8, 4) is 5.75 Å². The van der Waals surface area contributed by atoms with E-state index in [1.165, 1.54) is 18.2 Å². The quantitative estimate of drug-likeness (QED) is 0.906. The molecule has 2 rings (SSSR count). The zero-order chi connectivity index (χ0) is 15.2. The lowest BCUT2D eigenvalue weighted by atomic mass is 10.2. The van der Waals surface area contributed by atoms with Gasteiger partial charge in [0.2, 0.25) is 0 Å². The fraction of sp³-hybridized carbons (Fsp3) is 0.133. The smallest absolute Gasteiger partial charge is 0.258 e. The van der Waals surface area contributed by atoms with E-state index < -0.39 is 5.82 Å². The van der Waals surface area contributed by atoms with Crippen molar-refractivity contribution in [1.29, 1.82) is 0 Å². The van der Waals surface area contributed by atoms with E-state index in [4.69, 9.17) is 27.9 Å². The first-order valence-electron chi connectivity index (χ1n) is 6.13. The van der Waals surface area contributed by atoms with Crippen molar-refractivity contribution >= 4 is 29.1 Å². The third-order valence-electron chi connectivity index (χ3n) is 2.64. The van der Waals surface area contributed by atoms with E-state index in [2.05, 4.69) is 5.32 Å². The number of hydrogen-bond donors (Lipinski definition) is 1. The molecule has 0 bridgehead atoms. The number of carbonyl (C=O) groups excluding carboxylic acids is 1. The fourth-order valence-corrected chi connectivity index (χ4v) is 2.00. The molecule has 6 heteroatoms. The minimum absolute atomic E-state index is 0.0492. The fourth-order valence-electron chi connectivity index (χ4n) is 1.61. The van der Waals surface area contributed by atoms with Gasteiger partial charge in [-0.05, 0) is 29.8 Å². The van der Waals surface area contributed by atoms with Crippen LogP contribution in [0.25, 0.3) is 0 Å². The normalized spacial score (nSPS) is 10.2. The number of halogens is 3. The average molecular weight is 328 g/mol. The van der Waals surface area contributed by atoms with Crippen molar-refractivity contribution in [2.24, 2.45) is 0 Å². The lowest BCUT2D eigenvalue weighted by Crippen LogP contribution is -2.28. The Morgan fingerprint density at radius 3 is 2.71 bits per heavy atom. The first kappa shape index (κ1) is 15.6. The number of rotatable bonds is 5. The maximum atomic E-state index is 13.0. The number of benzene rings is 2. The van der Waals surface area contributed by atoms with Crippen LogP contribution in [-0.2, 0) is 11.3 Å². The lowest BCUT2D eigenvalue weighted by molar-refractivity contribution is -0.123. The molecule has 1 amide bonds. The van der Waals surface area contributed by atoms with Crippen LogP contribution in [-0.4, -0.2) is 12.5 Å². The Balaban J connectivity index is 1.80. The van der Waals surface area contributed by atoms with Crippen LogP contribution < -0.4 is 10.1 Å². The molecule has 3 nitrogen and oxygen atoms in total. The standard InChI is InChI=1S/C15H12Cl2FNO2/c16-11-3-1-2-10(6-11)8-19-15(20)9-21-12-4-5-14(18)13(17)7-12/h1-7H,8-9H2,(H,19,20). The summed E-state index contributed by atoms with van der Waals surface area (Å²) in [5.41, 5.74) is 0.890. The van der Waals surface area contributed by atoms with Crippen molar-refractivity contribution in [2.45, 2.75) is 6.54 Å². The Bertz CT molecular complexity index is 649. The van der Waals surface area contributed by atoms with Crippen molar-refractivity contribution in [3.05, 3.63) is 63.9 Å². The Morgan fingerprint density at radius 2 is 2.00 bits per heavy atom. The summed E-state index contributed by atoms with van der Waals surface area (Å²) in [5.74, 6) is -0.496. The van der Waals surface area contributed by atoms with Gasteiger partial charge >= 0.3 is 0 Å². The molecule has 0 aliphatic heterocycles. The highest BCUT2D eigenvalue weighted by Gasteiger charge is 2.05. The molecule has 1 N–H and O–H groups in total. The molecule has 0 heterocycles. The van der Waals surface area contributed by atoms with Crippen LogP contribution in [0.3, 0.4) is 0 Å². The Labute approximate surface area is 131 Å². The maximum Gasteiger partial charge on any atom is 0.258 e. The molecule has 0 unspecified atom stereocenters. The monoisotopic (exact) mass is 327 g/mol. The zero-order valence-electron chi connectivity index (χ0n) is 10.9. The van der Waals surface area contributed by atoms with E-state index >= 15 is 0 Å². The van der Waals surface area contributed by atoms with Gasteiger partial charge in [0.1, 0.15) is 11.6 Å². The van der Waals surface area contributed by atoms with Crippen molar-refractivity contribution < 1.29 is 13.9 Å². The van der Waals surface area contributed by atoms with E-state index in [1.54, 1.807) is 18.2 Å². The Hall–Kier alpha value is -1.78. The highest BCUT2D eigenvalue weighted by molar-refractivity contribution is 6.31. The minimum Gasteiger partial charge on any atom is -0.484 e. The molecule has 0 aliphatic rings. The summed E-state index contributed by atoms with van der Waals surface area (Å²) in [5, 5.41) is 3.25. The molecule has 2 aromatic rings. The summed E-state index contributed by atoms with van der Waals surface area (Å²) in [4.78, 5) is 11.7. The first-order valence-corrected chi connectivity index (χ1v) is 6.89. The van der Waals surface area contributed by atoms with Crippen LogP contribution in [0.1, 0.15) is 5.56 Å². The van der Waals surface area contributed by atoms with Gasteiger partial charge in [0.05, 0.1) is 5.02 Å². The summed E-state index contributed by atoms with van der Waals surface area (Å²) in [6.45, 7) is 0.176. The average Bonchev–Trinajstić information content (AvgIpc) is 2.46. The van der Waals surface area contributed by atoms with Gasteiger partial charge in [0.15, 0.2) is 6.61 Å². The molecule has 0 saturated carbocycles. The maximum absolute atomic E-state index is 13.0. The van der Waals surface area contributed by atoms with Crippen LogP contribution in [0.15, 0.2) is 42.5 Å². The van der Waals surface area contributed by atoms with Crippen LogP contribution in [0.2, 0.25) is 10.0 Å². The van der Waals surface area contributed by atoms with E-state index in [0.717, 1.165) is 5.56 Å². The summed E-state index contributed by atoms with van der Waals surface area (Å²) >= 11 is 11.5. The molecule has 2 aromatic carbocycles. The first-order chi connectivity index (χ1) is 10.0. The highest BCUT2D eigenvalue weighted by atomic mass is 35.5. The summed E-state index contributed by atoms with van der Waals surface area (Å²) in [7, 11) is 0. The van der Waals surface area contributed by atoms with Crippen molar-refractivity contribution in [2.75, 3.05) is 6.61 Å². The van der Waals surface area contributed by atoms with Gasteiger partial charge in [0.25, 0.3) is 5.91 Å². The second-order valence-electron chi connectivity index (χ2n) is 4.27. The molecule has 0 saturated heterocycles. The van der Waals surface area contributed by atoms with E-state index in [0.29, 0.717) is 17.3 Å². The third-order valence-corrected chi connectivity index (χ3v) is 3.16. The second kappa shape index (κ2) is 7.29. The molecule has 0 fully saturated rings. The zero-order valence-corrected chi connectivity index (χ0v) is 12.4. The lowest BCUT2D eigenvalue weighted by Gasteiger charge is -2.08. The molecule has 0 radical (unpaired) electrons. The van der Waals surface area contributed by atoms with Gasteiger partial charge in [-0.3, -0.25) is 4.79 Å². The van der Waals surface area contributed by atoms with Crippen LogP contribution in [0, 0.1) is 5.82 Å². The predicted octanol–water partition coefficient (Wildman–Crippen LogP) is 3.83. The van der Waals surface area contributed by atoms with Gasteiger partial charge in [-0.25, -0.2) is 4.39 Å². The van der Waals surface area contributed by atoms with Crippen LogP contribution >= 0.6 is 23.2 Å². The SMILES string of the molecule is O=C(COc1ccc(F)c(Cl)c1)NCc1cccc(Cl)c1. The Morgan fingerprint density at radius 1 is 1.19 bits per heavy atom. The highest BCUT2D eigenvalue weighted by Crippen LogP contribution is 2.20. The molecular weight excluding hydrogens is 316 g/mol. The minimum atomic E-state index is -0.533. The molecule has 110 valence electrons. The molecule has 21 heavy (non-hydrogen) atoms. The van der Waals surface area contributed by atoms with Gasteiger partial charge in [0, 0.05) is 17.6 Å². The summed E-state index contributed by atoms with van der Waals surface area (Å²) in [6.07, 6.45) is 0. The molecule has 0 aromatic heterocycles. The number of hydrogen-bond acceptors (Lipinski definition) is 2. The van der Waals surface area contributed by atoms with Gasteiger partial charge in [-0.15, -0.1) is 0 Å². The van der Waals surface area contributed by atoms with Gasteiger partial charge < -0.3 is 10.1 Å². The van der Waals surface area contributed by atoms with Crippen LogP contribution in [0.5, 0.6) is 5.75 Å². The van der Waals surface area contributed by atoms with E-state index in [9.17, 15) is 9.18 Å². The van der Waals surface area contributed by atoms with Crippen molar-refractivity contribution in [1.82, 2.24) is 5.32 Å². The number of nitrogens with one attached hydrogen (secondary N) is 1. The molecule has 0 spiro atoms. The van der Waals surface area contributed by atoms with Gasteiger partial charge in [-0.1, -0.05) is 35.3 Å². The summed E-state index contributed by atoms with van der Waals surface area (Å²) in [6, 6.07) is 11.1. The largest absolute Gasteiger partial charge is 0.484 e. The second-order valence-corrected chi connectivity index (χ2v) is 5.11. The van der Waals surface area contributed by atoms with Crippen LogP contribution in [0.4, 0.5) is 4.39 Å². The molecule has 0 atom stereocenters. The number of ether oxygens (including phenoxy) is 1. The number of amides is 1. The molecular formula is C15H12Cl2FNO2. The Kier molecular flexibility index (Phi) is 5.42. The molecule has 0 aliphatic carbocycles. The number of carbonyl (C=O) groups is 1. The van der Waals surface area contributed by atoms with Gasteiger partial charge in [-0.2, -0.15) is 0 Å². The van der Waals surface area contributed by atoms with Crippen molar-refractivity contribution in [3.63, 3.8) is 0 Å². The predicted molar refractivity (Wildman–Crippen MR) is 80.2 cm³/mol.